The van der Waals surface area contributed by atoms with Gasteiger partial charge in [-0.1, -0.05) is 45.9 Å². The highest BCUT2D eigenvalue weighted by atomic mass is 79.9. The van der Waals surface area contributed by atoms with Crippen LogP contribution in [0.25, 0.3) is 0 Å². The summed E-state index contributed by atoms with van der Waals surface area (Å²) in [5.74, 6) is 0.691. The van der Waals surface area contributed by atoms with E-state index in [1.165, 1.54) is 23.9 Å². The lowest BCUT2D eigenvalue weighted by molar-refractivity contribution is -0.113. The van der Waals surface area contributed by atoms with Gasteiger partial charge >= 0.3 is 0 Å². The van der Waals surface area contributed by atoms with Crippen molar-refractivity contribution in [1.82, 2.24) is 14.8 Å². The number of halogens is 2. The van der Waals surface area contributed by atoms with Crippen molar-refractivity contribution in [1.29, 1.82) is 0 Å². The van der Waals surface area contributed by atoms with Gasteiger partial charge in [-0.3, -0.25) is 4.79 Å². The summed E-state index contributed by atoms with van der Waals surface area (Å²) in [4.78, 5) is 12.2. The lowest BCUT2D eigenvalue weighted by atomic mass is 10.3. The van der Waals surface area contributed by atoms with Gasteiger partial charge in [0.05, 0.1) is 11.4 Å². The molecule has 1 amide bonds. The van der Waals surface area contributed by atoms with Gasteiger partial charge in [0.1, 0.15) is 11.6 Å². The average Bonchev–Trinajstić information content (AvgIpc) is 3.12. The molecule has 3 aromatic rings. The van der Waals surface area contributed by atoms with Crippen molar-refractivity contribution in [3.8, 4) is 5.75 Å². The molecule has 1 N–H and O–H groups in total. The summed E-state index contributed by atoms with van der Waals surface area (Å²) in [6.45, 7) is 4.51. The second-order valence-corrected chi connectivity index (χ2v) is 7.98. The maximum Gasteiger partial charge on any atom is 0.234 e. The largest absolute Gasteiger partial charge is 0.483 e. The number of nitrogens with one attached hydrogen (secondary N) is 1. The van der Waals surface area contributed by atoms with E-state index in [0.29, 0.717) is 22.0 Å². The third-order valence-corrected chi connectivity index (χ3v) is 5.48. The van der Waals surface area contributed by atoms with E-state index in [4.69, 9.17) is 4.74 Å². The maximum absolute atomic E-state index is 13.9. The van der Waals surface area contributed by atoms with Gasteiger partial charge in [-0.2, -0.15) is 0 Å². The Morgan fingerprint density at radius 1 is 1.28 bits per heavy atom. The Balaban J connectivity index is 1.63. The van der Waals surface area contributed by atoms with Crippen molar-refractivity contribution >= 4 is 39.3 Å². The third-order valence-electron chi connectivity index (χ3n) is 4.02. The van der Waals surface area contributed by atoms with Crippen LogP contribution in [0.1, 0.15) is 25.8 Å². The van der Waals surface area contributed by atoms with Gasteiger partial charge in [0.25, 0.3) is 0 Å². The third kappa shape index (κ3) is 5.57. The van der Waals surface area contributed by atoms with Crippen LogP contribution < -0.4 is 10.1 Å². The molecule has 0 aliphatic carbocycles. The Bertz CT molecular complexity index is 984. The van der Waals surface area contributed by atoms with Crippen LogP contribution in [0, 0.1) is 5.82 Å². The molecule has 0 spiro atoms. The SMILES string of the molecule is CCn1c(SCC(=O)Nc2ccc(Br)cc2F)nnc1[C@@H](C)Oc1ccccc1. The predicted octanol–water partition coefficient (Wildman–Crippen LogP) is 5.07. The summed E-state index contributed by atoms with van der Waals surface area (Å²) in [6.07, 6.45) is -0.301. The summed E-state index contributed by atoms with van der Waals surface area (Å²) in [6, 6.07) is 14.0. The highest BCUT2D eigenvalue weighted by molar-refractivity contribution is 9.10. The monoisotopic (exact) mass is 478 g/mol. The van der Waals surface area contributed by atoms with E-state index >= 15 is 0 Å². The van der Waals surface area contributed by atoms with Gasteiger partial charge in [-0.15, -0.1) is 10.2 Å². The summed E-state index contributed by atoms with van der Waals surface area (Å²) >= 11 is 4.43. The standard InChI is InChI=1S/C20H20BrFN4O2S/c1-3-26-19(13(2)28-15-7-5-4-6-8-15)24-25-20(26)29-12-18(27)23-17-10-9-14(21)11-16(17)22/h4-11,13H,3,12H2,1-2H3,(H,23,27)/t13-/m1/s1. The van der Waals surface area contributed by atoms with Gasteiger partial charge in [-0.05, 0) is 44.2 Å². The van der Waals surface area contributed by atoms with Crippen molar-refractivity contribution < 1.29 is 13.9 Å². The van der Waals surface area contributed by atoms with Crippen molar-refractivity contribution in [3.05, 3.63) is 64.6 Å². The molecule has 1 heterocycles. The lowest BCUT2D eigenvalue weighted by Crippen LogP contribution is -2.16. The smallest absolute Gasteiger partial charge is 0.234 e. The van der Waals surface area contributed by atoms with Crippen LogP contribution in [-0.2, 0) is 11.3 Å². The molecule has 0 aliphatic rings. The molecular weight excluding hydrogens is 459 g/mol. The van der Waals surface area contributed by atoms with E-state index in [-0.39, 0.29) is 23.5 Å². The predicted molar refractivity (Wildman–Crippen MR) is 115 cm³/mol. The zero-order chi connectivity index (χ0) is 20.8. The molecule has 0 radical (unpaired) electrons. The number of nitrogens with zero attached hydrogens (tertiary/aromatic N) is 3. The lowest BCUT2D eigenvalue weighted by Gasteiger charge is -2.15. The first-order valence-electron chi connectivity index (χ1n) is 9.00. The molecule has 9 heteroatoms. The van der Waals surface area contributed by atoms with Gasteiger partial charge < -0.3 is 14.6 Å². The number of hydrogen-bond donors (Lipinski definition) is 1. The Kier molecular flexibility index (Phi) is 7.27. The number of rotatable bonds is 8. The number of ether oxygens (including phenoxy) is 1. The van der Waals surface area contributed by atoms with Crippen molar-refractivity contribution in [2.45, 2.75) is 31.7 Å². The summed E-state index contributed by atoms with van der Waals surface area (Å²) in [7, 11) is 0. The van der Waals surface area contributed by atoms with E-state index in [2.05, 4.69) is 31.4 Å². The molecule has 1 aromatic heterocycles. The molecule has 0 fully saturated rings. The van der Waals surface area contributed by atoms with E-state index in [1.54, 1.807) is 6.07 Å². The zero-order valence-electron chi connectivity index (χ0n) is 15.9. The van der Waals surface area contributed by atoms with E-state index in [0.717, 1.165) is 5.75 Å². The van der Waals surface area contributed by atoms with Crippen LogP contribution in [0.4, 0.5) is 10.1 Å². The van der Waals surface area contributed by atoms with Crippen LogP contribution in [0.2, 0.25) is 0 Å². The molecule has 0 aliphatic heterocycles. The van der Waals surface area contributed by atoms with Crippen LogP contribution >= 0.6 is 27.7 Å². The number of para-hydroxylation sites is 1. The van der Waals surface area contributed by atoms with E-state index in [9.17, 15) is 9.18 Å². The summed E-state index contributed by atoms with van der Waals surface area (Å²) in [5, 5.41) is 11.6. The number of aromatic nitrogens is 3. The highest BCUT2D eigenvalue weighted by Gasteiger charge is 2.19. The first-order valence-corrected chi connectivity index (χ1v) is 10.8. The fourth-order valence-corrected chi connectivity index (χ4v) is 3.81. The van der Waals surface area contributed by atoms with Crippen LogP contribution in [0.3, 0.4) is 0 Å². The molecular formula is C20H20BrFN4O2S. The Labute approximate surface area is 181 Å². The van der Waals surface area contributed by atoms with E-state index < -0.39 is 5.82 Å². The van der Waals surface area contributed by atoms with Gasteiger partial charge in [0.2, 0.25) is 5.91 Å². The molecule has 0 saturated carbocycles. The average molecular weight is 479 g/mol. The Hall–Kier alpha value is -2.39. The molecule has 3 rings (SSSR count). The number of carbonyl (C=O) groups excluding carboxylic acids is 1. The minimum absolute atomic E-state index is 0.0849. The van der Waals surface area contributed by atoms with Crippen molar-refractivity contribution in [2.75, 3.05) is 11.1 Å². The van der Waals surface area contributed by atoms with E-state index in [1.807, 2.05) is 48.7 Å². The van der Waals surface area contributed by atoms with Crippen LogP contribution in [0.5, 0.6) is 5.75 Å². The molecule has 1 atom stereocenters. The molecule has 29 heavy (non-hydrogen) atoms. The number of amides is 1. The number of carbonyl (C=O) groups is 1. The normalized spacial score (nSPS) is 11.9. The van der Waals surface area contributed by atoms with Crippen molar-refractivity contribution in [3.63, 3.8) is 0 Å². The first kappa shape index (κ1) is 21.3. The second-order valence-electron chi connectivity index (χ2n) is 6.12. The quantitative estimate of drug-likeness (QED) is 0.457. The molecule has 6 nitrogen and oxygen atoms in total. The molecule has 0 saturated heterocycles. The van der Waals surface area contributed by atoms with Crippen molar-refractivity contribution in [2.24, 2.45) is 0 Å². The molecule has 2 aromatic carbocycles. The van der Waals surface area contributed by atoms with Crippen LogP contribution in [0.15, 0.2) is 58.2 Å². The number of hydrogen-bond acceptors (Lipinski definition) is 5. The summed E-state index contributed by atoms with van der Waals surface area (Å²) < 4.78 is 22.3. The second kappa shape index (κ2) is 9.89. The van der Waals surface area contributed by atoms with Gasteiger partial charge in [0.15, 0.2) is 17.1 Å². The number of thioether (sulfide) groups is 1. The number of benzene rings is 2. The summed E-state index contributed by atoms with van der Waals surface area (Å²) in [5.41, 5.74) is 0.140. The fraction of sp³-hybridized carbons (Fsp3) is 0.250. The van der Waals surface area contributed by atoms with Crippen LogP contribution in [-0.4, -0.2) is 26.4 Å². The Morgan fingerprint density at radius 2 is 2.03 bits per heavy atom. The molecule has 0 bridgehead atoms. The molecule has 0 unspecified atom stereocenters. The topological polar surface area (TPSA) is 69.0 Å². The zero-order valence-corrected chi connectivity index (χ0v) is 18.3. The fourth-order valence-electron chi connectivity index (χ4n) is 2.67. The maximum atomic E-state index is 13.9. The minimum Gasteiger partial charge on any atom is -0.483 e. The molecule has 152 valence electrons. The highest BCUT2D eigenvalue weighted by Crippen LogP contribution is 2.25. The Morgan fingerprint density at radius 3 is 2.72 bits per heavy atom. The van der Waals surface area contributed by atoms with Gasteiger partial charge in [0, 0.05) is 11.0 Å². The minimum atomic E-state index is -0.497. The number of anilines is 1. The first-order chi connectivity index (χ1) is 14.0. The van der Waals surface area contributed by atoms with Gasteiger partial charge in [-0.25, -0.2) is 4.39 Å².